The van der Waals surface area contributed by atoms with Gasteiger partial charge in [-0.15, -0.1) is 0 Å². The smallest absolute Gasteiger partial charge is 0.339 e. The average Bonchev–Trinajstić information content (AvgIpc) is 3.30. The lowest BCUT2D eigenvalue weighted by Crippen LogP contribution is -2.34. The number of nitrogens with zero attached hydrogens (tertiary/aromatic N) is 2. The summed E-state index contributed by atoms with van der Waals surface area (Å²) in [6, 6.07) is 11.3. The molecule has 0 atom stereocenters. The van der Waals surface area contributed by atoms with Gasteiger partial charge in [-0.2, -0.15) is 0 Å². The van der Waals surface area contributed by atoms with E-state index in [0.717, 1.165) is 52.8 Å². The first-order valence-corrected chi connectivity index (χ1v) is 10.7. The zero-order chi connectivity index (χ0) is 21.8. The molecule has 1 aliphatic carbocycles. The lowest BCUT2D eigenvalue weighted by atomic mass is 9.86. The van der Waals surface area contributed by atoms with Crippen LogP contribution in [0, 0.1) is 0 Å². The van der Waals surface area contributed by atoms with Crippen LogP contribution < -0.4 is 0 Å². The molecule has 6 heteroatoms. The summed E-state index contributed by atoms with van der Waals surface area (Å²) < 4.78 is 11.0. The van der Waals surface area contributed by atoms with Crippen molar-refractivity contribution in [2.45, 2.75) is 33.1 Å². The van der Waals surface area contributed by atoms with Crippen molar-refractivity contribution in [3.8, 4) is 0 Å². The molecule has 0 radical (unpaired) electrons. The molecule has 0 spiro atoms. The number of likely N-dealkylation sites (N-methyl/N-ethyl adjacent to an activating group) is 1. The molecule has 0 bridgehead atoms. The summed E-state index contributed by atoms with van der Waals surface area (Å²) in [5.41, 5.74) is 3.97. The first kappa shape index (κ1) is 20.8. The Morgan fingerprint density at radius 2 is 1.94 bits per heavy atom. The lowest BCUT2D eigenvalue weighted by Gasteiger charge is -2.23. The fourth-order valence-electron chi connectivity index (χ4n) is 4.12. The standard InChI is InChI=1S/C25H26N2O4/c1-3-27(4-2)22(28)16-31-25(29)23-19-11-5-6-13-21(19)26-24-17(9-7-12-20(23)24)15-18-10-8-14-30-18/h5-6,8,10-11,13-15H,3-4,7,9,12,16H2,1-2H3/b17-15+. The van der Waals surface area contributed by atoms with Crippen LogP contribution in [0.4, 0.5) is 0 Å². The Morgan fingerprint density at radius 1 is 1.13 bits per heavy atom. The van der Waals surface area contributed by atoms with Crippen molar-refractivity contribution in [2.24, 2.45) is 0 Å². The summed E-state index contributed by atoms with van der Waals surface area (Å²) in [5, 5.41) is 0.751. The average molecular weight is 418 g/mol. The Hall–Kier alpha value is -3.41. The van der Waals surface area contributed by atoms with Gasteiger partial charge < -0.3 is 14.1 Å². The van der Waals surface area contributed by atoms with Gasteiger partial charge in [-0.1, -0.05) is 18.2 Å². The molecule has 0 saturated heterocycles. The maximum atomic E-state index is 13.2. The second kappa shape index (κ2) is 9.16. The molecule has 2 aromatic heterocycles. The fourth-order valence-corrected chi connectivity index (χ4v) is 4.12. The van der Waals surface area contributed by atoms with Crippen LogP contribution in [0.5, 0.6) is 0 Å². The molecule has 0 unspecified atom stereocenters. The number of carbonyl (C=O) groups is 2. The molecule has 4 rings (SSSR count). The lowest BCUT2D eigenvalue weighted by molar-refractivity contribution is -0.134. The van der Waals surface area contributed by atoms with E-state index in [1.807, 2.05) is 56.3 Å². The summed E-state index contributed by atoms with van der Waals surface area (Å²) >= 11 is 0. The highest BCUT2D eigenvalue weighted by Crippen LogP contribution is 2.36. The van der Waals surface area contributed by atoms with Crippen molar-refractivity contribution in [3.63, 3.8) is 0 Å². The first-order valence-electron chi connectivity index (χ1n) is 10.7. The minimum absolute atomic E-state index is 0.191. The van der Waals surface area contributed by atoms with Crippen molar-refractivity contribution in [1.82, 2.24) is 9.88 Å². The molecular weight excluding hydrogens is 392 g/mol. The third kappa shape index (κ3) is 4.24. The number of benzene rings is 1. The van der Waals surface area contributed by atoms with Gasteiger partial charge in [0.1, 0.15) is 5.76 Å². The number of hydrogen-bond acceptors (Lipinski definition) is 5. The van der Waals surface area contributed by atoms with Crippen LogP contribution in [0.2, 0.25) is 0 Å². The second-order valence-electron chi connectivity index (χ2n) is 7.51. The third-order valence-electron chi connectivity index (χ3n) is 5.68. The van der Waals surface area contributed by atoms with E-state index in [9.17, 15) is 9.59 Å². The minimum atomic E-state index is -0.477. The van der Waals surface area contributed by atoms with Crippen molar-refractivity contribution in [2.75, 3.05) is 19.7 Å². The Balaban J connectivity index is 1.74. The molecule has 31 heavy (non-hydrogen) atoms. The molecule has 2 heterocycles. The van der Waals surface area contributed by atoms with E-state index in [1.165, 1.54) is 0 Å². The van der Waals surface area contributed by atoms with Crippen molar-refractivity contribution in [1.29, 1.82) is 0 Å². The zero-order valence-corrected chi connectivity index (χ0v) is 17.9. The summed E-state index contributed by atoms with van der Waals surface area (Å²) in [5.74, 6) is 0.0883. The number of rotatable bonds is 6. The molecule has 0 aliphatic heterocycles. The number of esters is 1. The maximum absolute atomic E-state index is 13.2. The largest absolute Gasteiger partial charge is 0.465 e. The van der Waals surface area contributed by atoms with Gasteiger partial charge in [0.05, 0.1) is 23.0 Å². The highest BCUT2D eigenvalue weighted by atomic mass is 16.5. The normalized spacial score (nSPS) is 14.5. The third-order valence-corrected chi connectivity index (χ3v) is 5.68. The van der Waals surface area contributed by atoms with Crippen LogP contribution in [-0.2, 0) is 16.0 Å². The van der Waals surface area contributed by atoms with Gasteiger partial charge >= 0.3 is 5.97 Å². The van der Waals surface area contributed by atoms with E-state index in [0.29, 0.717) is 18.7 Å². The number of allylic oxidation sites excluding steroid dienone is 1. The van der Waals surface area contributed by atoms with E-state index in [-0.39, 0.29) is 12.5 Å². The predicted molar refractivity (Wildman–Crippen MR) is 119 cm³/mol. The van der Waals surface area contributed by atoms with Crippen molar-refractivity contribution < 1.29 is 18.7 Å². The molecule has 6 nitrogen and oxygen atoms in total. The van der Waals surface area contributed by atoms with Crippen LogP contribution in [-0.4, -0.2) is 41.5 Å². The van der Waals surface area contributed by atoms with Gasteiger partial charge in [-0.3, -0.25) is 4.79 Å². The monoisotopic (exact) mass is 418 g/mol. The molecular formula is C25H26N2O4. The number of aromatic nitrogens is 1. The van der Waals surface area contributed by atoms with E-state index in [1.54, 1.807) is 11.2 Å². The number of para-hydroxylation sites is 1. The second-order valence-corrected chi connectivity index (χ2v) is 7.51. The minimum Gasteiger partial charge on any atom is -0.465 e. The molecule has 160 valence electrons. The quantitative estimate of drug-likeness (QED) is 0.541. The summed E-state index contributed by atoms with van der Waals surface area (Å²) in [7, 11) is 0. The van der Waals surface area contributed by atoms with E-state index < -0.39 is 5.97 Å². The number of fused-ring (bicyclic) bond motifs is 2. The van der Waals surface area contributed by atoms with Crippen LogP contribution in [0.25, 0.3) is 22.6 Å². The molecule has 0 saturated carbocycles. The highest BCUT2D eigenvalue weighted by Gasteiger charge is 2.26. The van der Waals surface area contributed by atoms with Crippen LogP contribution in [0.1, 0.15) is 54.1 Å². The van der Waals surface area contributed by atoms with E-state index in [2.05, 4.69) is 0 Å². The number of carbonyl (C=O) groups excluding carboxylic acids is 2. The van der Waals surface area contributed by atoms with Gasteiger partial charge in [-0.05, 0) is 68.5 Å². The zero-order valence-electron chi connectivity index (χ0n) is 17.9. The number of ether oxygens (including phenoxy) is 1. The molecule has 0 N–H and O–H groups in total. The first-order chi connectivity index (χ1) is 15.1. The van der Waals surface area contributed by atoms with Gasteiger partial charge in [0.2, 0.25) is 0 Å². The Labute approximate surface area is 181 Å². The number of amides is 1. The predicted octanol–water partition coefficient (Wildman–Crippen LogP) is 4.73. The van der Waals surface area contributed by atoms with Crippen LogP contribution in [0.3, 0.4) is 0 Å². The van der Waals surface area contributed by atoms with Gasteiger partial charge in [0, 0.05) is 18.5 Å². The molecule has 1 amide bonds. The summed E-state index contributed by atoms with van der Waals surface area (Å²) in [4.78, 5) is 32.1. The van der Waals surface area contributed by atoms with Gasteiger partial charge in [-0.25, -0.2) is 9.78 Å². The Kier molecular flexibility index (Phi) is 6.16. The number of pyridine rings is 1. The topological polar surface area (TPSA) is 72.6 Å². The number of furan rings is 1. The van der Waals surface area contributed by atoms with Gasteiger partial charge in [0.25, 0.3) is 5.91 Å². The van der Waals surface area contributed by atoms with Crippen LogP contribution >= 0.6 is 0 Å². The Morgan fingerprint density at radius 3 is 2.68 bits per heavy atom. The summed E-state index contributed by atoms with van der Waals surface area (Å²) in [6.07, 6.45) is 6.11. The molecule has 1 aromatic carbocycles. The Bertz CT molecular complexity index is 1130. The van der Waals surface area contributed by atoms with Gasteiger partial charge in [0.15, 0.2) is 6.61 Å². The van der Waals surface area contributed by atoms with Crippen LogP contribution in [0.15, 0.2) is 47.1 Å². The highest BCUT2D eigenvalue weighted by molar-refractivity contribution is 6.07. The number of hydrogen-bond donors (Lipinski definition) is 0. The molecule has 0 fully saturated rings. The molecule has 3 aromatic rings. The SMILES string of the molecule is CCN(CC)C(=O)COC(=O)c1c2c(nc3ccccc13)/C(=C/c1ccco1)CCC2. The van der Waals surface area contributed by atoms with Crippen molar-refractivity contribution >= 4 is 34.4 Å². The molecule has 1 aliphatic rings. The van der Waals surface area contributed by atoms with E-state index in [4.69, 9.17) is 14.1 Å². The van der Waals surface area contributed by atoms with E-state index >= 15 is 0 Å². The maximum Gasteiger partial charge on any atom is 0.339 e. The van der Waals surface area contributed by atoms with Crippen molar-refractivity contribution in [3.05, 3.63) is 65.2 Å². The summed E-state index contributed by atoms with van der Waals surface area (Å²) in [6.45, 7) is 4.72. The fraction of sp³-hybridized carbons (Fsp3) is 0.320.